The van der Waals surface area contributed by atoms with Gasteiger partial charge in [0.15, 0.2) is 0 Å². The quantitative estimate of drug-likeness (QED) is 0.556. The summed E-state index contributed by atoms with van der Waals surface area (Å²) in [5.41, 5.74) is 0. The smallest absolute Gasteiger partial charge is 0.149 e. The van der Waals surface area contributed by atoms with E-state index in [0.717, 1.165) is 12.8 Å². The predicted octanol–water partition coefficient (Wildman–Crippen LogP) is 3.47. The van der Waals surface area contributed by atoms with Gasteiger partial charge in [-0.05, 0) is 13.3 Å². The molecule has 0 aromatic rings. The minimum absolute atomic E-state index is 0.1000. The first kappa shape index (κ1) is 13.2. The first-order valence-electron chi connectivity index (χ1n) is 5.64. The normalized spacial score (nSPS) is 12.1. The summed E-state index contributed by atoms with van der Waals surface area (Å²) in [5.74, 6) is -0.311. The second-order valence-electron chi connectivity index (χ2n) is 3.83. The molecule has 1 unspecified atom stereocenters. The molecule has 0 aromatic heterocycles. The number of carbonyl (C=O) groups excluding carboxylic acids is 1. The molecule has 14 heavy (non-hydrogen) atoms. The molecule has 0 radical (unpaired) electrons. The van der Waals surface area contributed by atoms with Gasteiger partial charge in [-0.15, -0.1) is 0 Å². The van der Waals surface area contributed by atoms with E-state index in [-0.39, 0.29) is 5.78 Å². The molecule has 0 aliphatic carbocycles. The van der Waals surface area contributed by atoms with E-state index in [9.17, 15) is 4.79 Å². The van der Waals surface area contributed by atoms with Gasteiger partial charge in [-0.2, -0.15) is 5.26 Å². The number of unbranched alkanes of at least 4 members (excludes halogenated alkanes) is 5. The Morgan fingerprint density at radius 1 is 1.21 bits per heavy atom. The fraction of sp³-hybridized carbons (Fsp3) is 0.833. The van der Waals surface area contributed by atoms with Crippen molar-refractivity contribution in [2.45, 2.75) is 58.8 Å². The van der Waals surface area contributed by atoms with Gasteiger partial charge in [0.05, 0.1) is 6.07 Å². The van der Waals surface area contributed by atoms with Gasteiger partial charge in [0.1, 0.15) is 11.7 Å². The second-order valence-corrected chi connectivity index (χ2v) is 3.83. The van der Waals surface area contributed by atoms with Crippen molar-refractivity contribution in [3.05, 3.63) is 0 Å². The Morgan fingerprint density at radius 2 is 1.79 bits per heavy atom. The lowest BCUT2D eigenvalue weighted by Crippen LogP contribution is -2.07. The van der Waals surface area contributed by atoms with Crippen molar-refractivity contribution in [2.75, 3.05) is 0 Å². The van der Waals surface area contributed by atoms with Crippen LogP contribution in [0.1, 0.15) is 58.8 Å². The summed E-state index contributed by atoms with van der Waals surface area (Å²) >= 11 is 0. The van der Waals surface area contributed by atoms with E-state index in [1.165, 1.54) is 25.7 Å². The largest absolute Gasteiger partial charge is 0.298 e. The van der Waals surface area contributed by atoms with Crippen molar-refractivity contribution in [3.63, 3.8) is 0 Å². The van der Waals surface area contributed by atoms with Crippen molar-refractivity contribution < 1.29 is 4.79 Å². The zero-order valence-electron chi connectivity index (χ0n) is 9.38. The minimum Gasteiger partial charge on any atom is -0.298 e. The number of nitriles is 1. The Balaban J connectivity index is 3.28. The average Bonchev–Trinajstić information content (AvgIpc) is 2.21. The van der Waals surface area contributed by atoms with Gasteiger partial charge in [-0.1, -0.05) is 39.0 Å². The molecule has 0 aromatic carbocycles. The summed E-state index contributed by atoms with van der Waals surface area (Å²) in [7, 11) is 0. The molecule has 0 aliphatic rings. The van der Waals surface area contributed by atoms with Gasteiger partial charge >= 0.3 is 0 Å². The zero-order chi connectivity index (χ0) is 10.8. The molecule has 0 saturated carbocycles. The summed E-state index contributed by atoms with van der Waals surface area (Å²) in [6.07, 6.45) is 7.72. The van der Waals surface area contributed by atoms with E-state index in [4.69, 9.17) is 5.26 Å². The Labute approximate surface area is 87.3 Å². The fourth-order valence-electron chi connectivity index (χ4n) is 1.37. The third kappa shape index (κ3) is 6.65. The third-order valence-corrected chi connectivity index (χ3v) is 2.45. The highest BCUT2D eigenvalue weighted by Crippen LogP contribution is 2.09. The van der Waals surface area contributed by atoms with E-state index in [2.05, 4.69) is 6.92 Å². The highest BCUT2D eigenvalue weighted by Gasteiger charge is 2.10. The van der Waals surface area contributed by atoms with E-state index >= 15 is 0 Å². The summed E-state index contributed by atoms with van der Waals surface area (Å²) < 4.78 is 0. The number of rotatable bonds is 8. The second kappa shape index (κ2) is 8.74. The molecule has 0 amide bonds. The van der Waals surface area contributed by atoms with Crippen LogP contribution >= 0.6 is 0 Å². The van der Waals surface area contributed by atoms with Crippen molar-refractivity contribution >= 4 is 5.78 Å². The standard InChI is InChI=1S/C12H21NO/c1-3-4-5-6-7-8-9-12(14)11(2)10-13/h11H,3-9H2,1-2H3. The number of hydrogen-bond acceptors (Lipinski definition) is 2. The molecule has 2 nitrogen and oxygen atoms in total. The van der Waals surface area contributed by atoms with Crippen LogP contribution in [0.5, 0.6) is 0 Å². The molecule has 0 spiro atoms. The lowest BCUT2D eigenvalue weighted by molar-refractivity contribution is -0.121. The van der Waals surface area contributed by atoms with E-state index in [1.807, 2.05) is 6.07 Å². The van der Waals surface area contributed by atoms with Crippen LogP contribution in [0.2, 0.25) is 0 Å². The molecular formula is C12H21NO. The first-order chi connectivity index (χ1) is 6.72. The van der Waals surface area contributed by atoms with Gasteiger partial charge in [0.2, 0.25) is 0 Å². The lowest BCUT2D eigenvalue weighted by atomic mass is 10.0. The summed E-state index contributed by atoms with van der Waals surface area (Å²) in [5, 5.41) is 8.51. The van der Waals surface area contributed by atoms with E-state index in [0.29, 0.717) is 6.42 Å². The van der Waals surface area contributed by atoms with Crippen LogP contribution < -0.4 is 0 Å². The maximum Gasteiger partial charge on any atom is 0.149 e. The monoisotopic (exact) mass is 195 g/mol. The van der Waals surface area contributed by atoms with Crippen LogP contribution in [-0.2, 0) is 4.79 Å². The van der Waals surface area contributed by atoms with Crippen molar-refractivity contribution in [2.24, 2.45) is 5.92 Å². The Morgan fingerprint density at radius 3 is 2.36 bits per heavy atom. The SMILES string of the molecule is CCCCCCCCC(=O)C(C)C#N. The summed E-state index contributed by atoms with van der Waals surface area (Å²) in [6.45, 7) is 3.87. The topological polar surface area (TPSA) is 40.9 Å². The summed E-state index contributed by atoms with van der Waals surface area (Å²) in [6, 6.07) is 1.98. The summed E-state index contributed by atoms with van der Waals surface area (Å²) in [4.78, 5) is 11.2. The average molecular weight is 195 g/mol. The molecule has 0 fully saturated rings. The molecule has 0 heterocycles. The van der Waals surface area contributed by atoms with Gasteiger partial charge in [0, 0.05) is 6.42 Å². The number of nitrogens with zero attached hydrogens (tertiary/aromatic N) is 1. The number of carbonyl (C=O) groups is 1. The molecule has 0 N–H and O–H groups in total. The highest BCUT2D eigenvalue weighted by atomic mass is 16.1. The van der Waals surface area contributed by atoms with Gasteiger partial charge < -0.3 is 0 Å². The Kier molecular flexibility index (Phi) is 8.22. The molecule has 1 atom stereocenters. The van der Waals surface area contributed by atoms with E-state index in [1.54, 1.807) is 6.92 Å². The molecule has 2 heteroatoms. The Hall–Kier alpha value is -0.840. The molecule has 0 aliphatic heterocycles. The van der Waals surface area contributed by atoms with Crippen molar-refractivity contribution in [1.82, 2.24) is 0 Å². The van der Waals surface area contributed by atoms with Crippen molar-refractivity contribution in [1.29, 1.82) is 5.26 Å². The highest BCUT2D eigenvalue weighted by molar-refractivity contribution is 5.82. The minimum atomic E-state index is -0.411. The lowest BCUT2D eigenvalue weighted by Gasteiger charge is -2.01. The van der Waals surface area contributed by atoms with Crippen LogP contribution in [0.15, 0.2) is 0 Å². The maximum atomic E-state index is 11.2. The number of hydrogen-bond donors (Lipinski definition) is 0. The van der Waals surface area contributed by atoms with Gasteiger partial charge in [0.25, 0.3) is 0 Å². The van der Waals surface area contributed by atoms with Gasteiger partial charge in [-0.25, -0.2) is 0 Å². The Bertz CT molecular complexity index is 193. The fourth-order valence-corrected chi connectivity index (χ4v) is 1.37. The van der Waals surface area contributed by atoms with Crippen LogP contribution in [0, 0.1) is 17.2 Å². The number of Topliss-reactive ketones (excluding diaryl/α,β-unsaturated/α-hetero) is 1. The van der Waals surface area contributed by atoms with Crippen LogP contribution in [-0.4, -0.2) is 5.78 Å². The third-order valence-electron chi connectivity index (χ3n) is 2.45. The first-order valence-corrected chi connectivity index (χ1v) is 5.64. The maximum absolute atomic E-state index is 11.2. The molecule has 80 valence electrons. The molecule has 0 saturated heterocycles. The molecular weight excluding hydrogens is 174 g/mol. The molecule has 0 bridgehead atoms. The van der Waals surface area contributed by atoms with Crippen molar-refractivity contribution in [3.8, 4) is 6.07 Å². The van der Waals surface area contributed by atoms with Crippen LogP contribution in [0.25, 0.3) is 0 Å². The number of ketones is 1. The zero-order valence-corrected chi connectivity index (χ0v) is 9.38. The van der Waals surface area contributed by atoms with E-state index < -0.39 is 5.92 Å². The van der Waals surface area contributed by atoms with Crippen LogP contribution in [0.3, 0.4) is 0 Å². The van der Waals surface area contributed by atoms with Gasteiger partial charge in [-0.3, -0.25) is 4.79 Å². The predicted molar refractivity (Wildman–Crippen MR) is 57.8 cm³/mol. The molecule has 0 rings (SSSR count). The van der Waals surface area contributed by atoms with Crippen LogP contribution in [0.4, 0.5) is 0 Å².